The van der Waals surface area contributed by atoms with Crippen LogP contribution in [-0.4, -0.2) is 35.0 Å². The van der Waals surface area contributed by atoms with E-state index in [0.29, 0.717) is 19.1 Å². The van der Waals surface area contributed by atoms with Gasteiger partial charge in [-0.1, -0.05) is 12.2 Å². The summed E-state index contributed by atoms with van der Waals surface area (Å²) in [4.78, 5) is 0. The molecule has 1 fully saturated rings. The van der Waals surface area contributed by atoms with Gasteiger partial charge in [0.1, 0.15) is 5.75 Å². The second kappa shape index (κ2) is 9.07. The van der Waals surface area contributed by atoms with Gasteiger partial charge in [0.15, 0.2) is 5.82 Å². The number of ether oxygens (including phenoxy) is 1. The van der Waals surface area contributed by atoms with Crippen molar-refractivity contribution in [2.45, 2.75) is 40.5 Å². The molecule has 0 radical (unpaired) electrons. The molecule has 1 aliphatic carbocycles. The van der Waals surface area contributed by atoms with Crippen molar-refractivity contribution in [2.75, 3.05) is 25.5 Å². The smallest absolute Gasteiger partial charge is 0.158 e. The number of aryl methyl sites for hydroxylation is 3. The highest BCUT2D eigenvalue weighted by atomic mass is 16.5. The van der Waals surface area contributed by atoms with E-state index in [2.05, 4.69) is 64.0 Å². The van der Waals surface area contributed by atoms with Gasteiger partial charge in [-0.15, -0.1) is 5.10 Å². The molecule has 2 heterocycles. The molecule has 4 rings (SSSR count). The van der Waals surface area contributed by atoms with Gasteiger partial charge in [-0.05, 0) is 76.8 Å². The predicted octanol–water partition coefficient (Wildman–Crippen LogP) is 5.23. The van der Waals surface area contributed by atoms with Crippen molar-refractivity contribution in [3.8, 4) is 11.4 Å². The van der Waals surface area contributed by atoms with Crippen LogP contribution in [0.15, 0.2) is 48.2 Å². The van der Waals surface area contributed by atoms with Crippen molar-refractivity contribution < 1.29 is 4.74 Å². The first-order chi connectivity index (χ1) is 15.4. The van der Waals surface area contributed by atoms with E-state index in [-0.39, 0.29) is 0 Å². The van der Waals surface area contributed by atoms with E-state index in [9.17, 15) is 0 Å². The molecule has 1 saturated carbocycles. The van der Waals surface area contributed by atoms with Crippen LogP contribution in [0.25, 0.3) is 16.5 Å². The first kappa shape index (κ1) is 21.9. The topological polar surface area (TPSA) is 64.0 Å². The summed E-state index contributed by atoms with van der Waals surface area (Å²) in [6, 6.07) is 8.22. The molecular weight excluding hydrogens is 398 g/mol. The molecule has 0 spiro atoms. The van der Waals surface area contributed by atoms with Crippen LogP contribution in [0.2, 0.25) is 0 Å². The summed E-state index contributed by atoms with van der Waals surface area (Å²) in [6.07, 6.45) is 4.66. The van der Waals surface area contributed by atoms with Crippen LogP contribution in [0.3, 0.4) is 0 Å². The van der Waals surface area contributed by atoms with Crippen LogP contribution in [0.1, 0.15) is 36.8 Å². The van der Waals surface area contributed by atoms with Crippen LogP contribution < -0.4 is 15.4 Å². The Labute approximate surface area is 190 Å². The lowest BCUT2D eigenvalue weighted by Gasteiger charge is -2.12. The molecule has 3 aromatic rings. The zero-order valence-electron chi connectivity index (χ0n) is 19.7. The highest BCUT2D eigenvalue weighted by Gasteiger charge is 2.23. The Morgan fingerprint density at radius 2 is 1.81 bits per heavy atom. The lowest BCUT2D eigenvalue weighted by atomic mass is 10.1. The number of benzene rings is 1. The Kier molecular flexibility index (Phi) is 6.21. The van der Waals surface area contributed by atoms with E-state index in [4.69, 9.17) is 4.74 Å². The van der Waals surface area contributed by atoms with Crippen LogP contribution in [0, 0.1) is 26.7 Å². The predicted molar refractivity (Wildman–Crippen MR) is 132 cm³/mol. The number of nitrogens with zero attached hydrogens (tertiary/aromatic N) is 3. The third kappa shape index (κ3) is 4.22. The lowest BCUT2D eigenvalue weighted by molar-refractivity contribution is 0.340. The van der Waals surface area contributed by atoms with Gasteiger partial charge in [-0.3, -0.25) is 0 Å². The van der Waals surface area contributed by atoms with Crippen molar-refractivity contribution in [3.63, 3.8) is 0 Å². The van der Waals surface area contributed by atoms with Crippen molar-refractivity contribution in [1.82, 2.24) is 20.1 Å². The lowest BCUT2D eigenvalue weighted by Crippen LogP contribution is -2.17. The fraction of sp³-hybridized carbons (Fsp3) is 0.385. The van der Waals surface area contributed by atoms with Gasteiger partial charge in [0.05, 0.1) is 18.8 Å². The third-order valence-electron chi connectivity index (χ3n) is 6.18. The second-order valence-corrected chi connectivity index (χ2v) is 8.44. The zero-order valence-corrected chi connectivity index (χ0v) is 19.7. The molecule has 0 amide bonds. The molecular formula is C26H33N5O. The van der Waals surface area contributed by atoms with Gasteiger partial charge in [-0.2, -0.15) is 5.10 Å². The molecule has 0 atom stereocenters. The molecule has 0 bridgehead atoms. The molecule has 168 valence electrons. The number of likely N-dealkylation sites (N-methyl/N-ethyl adjacent to an activating group) is 1. The third-order valence-corrected chi connectivity index (χ3v) is 6.18. The molecule has 1 aliphatic rings. The molecule has 0 aliphatic heterocycles. The number of fused-ring (bicyclic) bond motifs is 1. The number of anilines is 1. The van der Waals surface area contributed by atoms with Gasteiger partial charge in [0, 0.05) is 40.6 Å². The van der Waals surface area contributed by atoms with Gasteiger partial charge >= 0.3 is 0 Å². The van der Waals surface area contributed by atoms with Crippen LogP contribution in [0.4, 0.5) is 5.82 Å². The first-order valence-corrected chi connectivity index (χ1v) is 11.3. The minimum atomic E-state index is 0.641. The summed E-state index contributed by atoms with van der Waals surface area (Å²) in [7, 11) is 1.95. The summed E-state index contributed by atoms with van der Waals surface area (Å²) in [5.41, 5.74) is 6.62. The Morgan fingerprint density at radius 1 is 1.12 bits per heavy atom. The first-order valence-electron chi connectivity index (χ1n) is 11.3. The Balaban J connectivity index is 1.69. The molecule has 0 saturated heterocycles. The SMILES string of the molecule is C=C(/C=C(/CNc1nnc(C)c2c(C)n(-c3ccc(OCC)cc3)c(C)c12)NC)C1CC1. The summed E-state index contributed by atoms with van der Waals surface area (Å²) >= 11 is 0. The summed E-state index contributed by atoms with van der Waals surface area (Å²) in [5, 5.41) is 18.0. The Hall–Kier alpha value is -3.28. The zero-order chi connectivity index (χ0) is 22.8. The number of hydrogen-bond acceptors (Lipinski definition) is 5. The van der Waals surface area contributed by atoms with Crippen molar-refractivity contribution in [3.05, 3.63) is 65.3 Å². The number of aromatic nitrogens is 3. The average Bonchev–Trinajstić information content (AvgIpc) is 3.60. The normalized spacial score (nSPS) is 14.0. The summed E-state index contributed by atoms with van der Waals surface area (Å²) in [5.74, 6) is 2.33. The fourth-order valence-electron chi connectivity index (χ4n) is 4.35. The van der Waals surface area contributed by atoms with Crippen LogP contribution in [-0.2, 0) is 0 Å². The maximum absolute atomic E-state index is 5.61. The van der Waals surface area contributed by atoms with E-state index < -0.39 is 0 Å². The molecule has 6 nitrogen and oxygen atoms in total. The van der Waals surface area contributed by atoms with Crippen molar-refractivity contribution >= 4 is 16.6 Å². The van der Waals surface area contributed by atoms with E-state index in [1.165, 1.54) is 18.4 Å². The van der Waals surface area contributed by atoms with Crippen molar-refractivity contribution in [2.24, 2.45) is 5.92 Å². The number of rotatable bonds is 9. The molecule has 2 N–H and O–H groups in total. The average molecular weight is 432 g/mol. The van der Waals surface area contributed by atoms with E-state index >= 15 is 0 Å². The monoisotopic (exact) mass is 431 g/mol. The van der Waals surface area contributed by atoms with E-state index in [1.807, 2.05) is 33.0 Å². The van der Waals surface area contributed by atoms with Crippen LogP contribution >= 0.6 is 0 Å². The summed E-state index contributed by atoms with van der Waals surface area (Å²) < 4.78 is 7.88. The summed E-state index contributed by atoms with van der Waals surface area (Å²) in [6.45, 7) is 13.8. The van der Waals surface area contributed by atoms with E-state index in [1.54, 1.807) is 0 Å². The molecule has 32 heavy (non-hydrogen) atoms. The Bertz CT molecular complexity index is 1170. The Morgan fingerprint density at radius 3 is 2.44 bits per heavy atom. The maximum Gasteiger partial charge on any atom is 0.158 e. The minimum absolute atomic E-state index is 0.641. The van der Waals surface area contributed by atoms with Gasteiger partial charge in [0.25, 0.3) is 0 Å². The van der Waals surface area contributed by atoms with Gasteiger partial charge < -0.3 is 19.9 Å². The number of hydrogen-bond donors (Lipinski definition) is 2. The molecule has 6 heteroatoms. The van der Waals surface area contributed by atoms with Crippen LogP contribution in [0.5, 0.6) is 5.75 Å². The maximum atomic E-state index is 5.61. The largest absolute Gasteiger partial charge is 0.494 e. The van der Waals surface area contributed by atoms with Crippen molar-refractivity contribution in [1.29, 1.82) is 0 Å². The standard InChI is InChI=1S/C26H33N5O/c1-7-32-23-12-10-22(11-13-23)31-18(4)24-17(3)29-30-26(25(24)19(31)5)28-15-21(27-6)14-16(2)20-8-9-20/h10-14,20,27H,2,7-9,15H2,1,3-6H3,(H,28,30)/b21-14-. The fourth-order valence-corrected chi connectivity index (χ4v) is 4.35. The molecule has 1 aromatic carbocycles. The molecule has 0 unspecified atom stereocenters. The quantitative estimate of drug-likeness (QED) is 0.455. The highest BCUT2D eigenvalue weighted by molar-refractivity contribution is 5.98. The minimum Gasteiger partial charge on any atom is -0.494 e. The number of nitrogens with one attached hydrogen (secondary N) is 2. The van der Waals surface area contributed by atoms with E-state index in [0.717, 1.165) is 50.8 Å². The second-order valence-electron chi connectivity index (χ2n) is 8.44. The molecule has 2 aromatic heterocycles. The number of allylic oxidation sites excluding steroid dienone is 2. The van der Waals surface area contributed by atoms with Gasteiger partial charge in [-0.25, -0.2) is 0 Å². The van der Waals surface area contributed by atoms with Gasteiger partial charge in [0.2, 0.25) is 0 Å². The highest BCUT2D eigenvalue weighted by Crippen LogP contribution is 2.37.